The smallest absolute Gasteiger partial charge is 0.329 e. The van der Waals surface area contributed by atoms with Gasteiger partial charge in [-0.3, -0.25) is 9.59 Å². The van der Waals surface area contributed by atoms with Crippen molar-refractivity contribution in [3.8, 4) is 11.5 Å². The largest absolute Gasteiger partial charge is 0.503 e. The van der Waals surface area contributed by atoms with Crippen molar-refractivity contribution in [1.82, 2.24) is 5.43 Å². The summed E-state index contributed by atoms with van der Waals surface area (Å²) in [6.45, 7) is 0. The monoisotopic (exact) mass is 487 g/mol. The van der Waals surface area contributed by atoms with E-state index in [1.807, 2.05) is 5.43 Å². The number of phenols is 1. The minimum absolute atomic E-state index is 0.0791. The number of hydrazone groups is 1. The van der Waals surface area contributed by atoms with Crippen molar-refractivity contribution >= 4 is 55.6 Å². The van der Waals surface area contributed by atoms with E-state index in [1.54, 1.807) is 0 Å². The van der Waals surface area contributed by atoms with Crippen LogP contribution in [0.1, 0.15) is 5.56 Å². The lowest BCUT2D eigenvalue weighted by Crippen LogP contribution is -2.32. The molecule has 0 unspecified atom stereocenters. The molecular formula is C16H12Br2FN3O4. The van der Waals surface area contributed by atoms with E-state index >= 15 is 0 Å². The van der Waals surface area contributed by atoms with E-state index in [1.165, 1.54) is 37.6 Å². The van der Waals surface area contributed by atoms with Crippen molar-refractivity contribution < 1.29 is 23.8 Å². The number of aromatic hydroxyl groups is 1. The van der Waals surface area contributed by atoms with Gasteiger partial charge in [-0.05, 0) is 51.8 Å². The highest BCUT2D eigenvalue weighted by Crippen LogP contribution is 2.34. The fourth-order valence-electron chi connectivity index (χ4n) is 1.81. The third kappa shape index (κ3) is 5.02. The fraction of sp³-hybridized carbons (Fsp3) is 0.0625. The molecule has 0 aliphatic carbocycles. The predicted octanol–water partition coefficient (Wildman–Crippen LogP) is 3.15. The Morgan fingerprint density at radius 3 is 2.62 bits per heavy atom. The molecule has 26 heavy (non-hydrogen) atoms. The molecule has 0 heterocycles. The molecule has 0 atom stereocenters. The average molecular weight is 489 g/mol. The van der Waals surface area contributed by atoms with Gasteiger partial charge in [0.25, 0.3) is 0 Å². The number of methoxy groups -OCH3 is 1. The molecule has 0 spiro atoms. The zero-order valence-corrected chi connectivity index (χ0v) is 16.4. The summed E-state index contributed by atoms with van der Waals surface area (Å²) in [4.78, 5) is 23.5. The van der Waals surface area contributed by atoms with Crippen LogP contribution in [0.3, 0.4) is 0 Å². The van der Waals surface area contributed by atoms with Gasteiger partial charge in [0, 0.05) is 4.47 Å². The van der Waals surface area contributed by atoms with Gasteiger partial charge in [0.15, 0.2) is 11.5 Å². The fourth-order valence-corrected chi connectivity index (χ4v) is 2.60. The van der Waals surface area contributed by atoms with E-state index < -0.39 is 17.6 Å². The molecule has 0 saturated carbocycles. The Kier molecular flexibility index (Phi) is 6.70. The Bertz CT molecular complexity index is 890. The van der Waals surface area contributed by atoms with Crippen LogP contribution in [0, 0.1) is 5.82 Å². The second-order valence-corrected chi connectivity index (χ2v) is 6.60. The Morgan fingerprint density at radius 1 is 1.23 bits per heavy atom. The van der Waals surface area contributed by atoms with Gasteiger partial charge in [0.05, 0.1) is 23.5 Å². The minimum Gasteiger partial charge on any atom is -0.503 e. The molecule has 0 saturated heterocycles. The van der Waals surface area contributed by atoms with E-state index in [9.17, 15) is 19.1 Å². The number of amides is 2. The van der Waals surface area contributed by atoms with Crippen LogP contribution in [0.15, 0.2) is 44.4 Å². The van der Waals surface area contributed by atoms with Gasteiger partial charge in [-0.15, -0.1) is 0 Å². The summed E-state index contributed by atoms with van der Waals surface area (Å²) in [6, 6.07) is 7.00. The van der Waals surface area contributed by atoms with Crippen molar-refractivity contribution in [2.75, 3.05) is 12.4 Å². The van der Waals surface area contributed by atoms with E-state index in [-0.39, 0.29) is 17.2 Å². The van der Waals surface area contributed by atoms with Crippen LogP contribution in [0.4, 0.5) is 10.1 Å². The van der Waals surface area contributed by atoms with Gasteiger partial charge in [-0.1, -0.05) is 15.9 Å². The first-order valence-corrected chi connectivity index (χ1v) is 8.56. The van der Waals surface area contributed by atoms with Crippen molar-refractivity contribution in [1.29, 1.82) is 0 Å². The first-order chi connectivity index (χ1) is 12.3. The first-order valence-electron chi connectivity index (χ1n) is 6.97. The van der Waals surface area contributed by atoms with Crippen LogP contribution in [0.5, 0.6) is 11.5 Å². The lowest BCUT2D eigenvalue weighted by atomic mass is 10.2. The van der Waals surface area contributed by atoms with Crippen LogP contribution in [0.2, 0.25) is 0 Å². The zero-order valence-electron chi connectivity index (χ0n) is 13.2. The second-order valence-electron chi connectivity index (χ2n) is 4.83. The van der Waals surface area contributed by atoms with Gasteiger partial charge in [-0.2, -0.15) is 5.10 Å². The highest BCUT2D eigenvalue weighted by atomic mass is 79.9. The molecule has 0 fully saturated rings. The van der Waals surface area contributed by atoms with Crippen molar-refractivity contribution in [3.63, 3.8) is 0 Å². The number of rotatable bonds is 4. The molecular weight excluding hydrogens is 477 g/mol. The Balaban J connectivity index is 2.00. The summed E-state index contributed by atoms with van der Waals surface area (Å²) in [6.07, 6.45) is 1.25. The minimum atomic E-state index is -1.08. The number of carbonyl (C=O) groups excluding carboxylic acids is 2. The number of carbonyl (C=O) groups is 2. The summed E-state index contributed by atoms with van der Waals surface area (Å²) < 4.78 is 19.5. The molecule has 3 N–H and O–H groups in total. The summed E-state index contributed by atoms with van der Waals surface area (Å²) in [5, 5.41) is 15.5. The maximum absolute atomic E-state index is 13.6. The van der Waals surface area contributed by atoms with Gasteiger partial charge in [0.1, 0.15) is 5.82 Å². The molecule has 2 aromatic carbocycles. The number of anilines is 1. The Hall–Kier alpha value is -2.46. The van der Waals surface area contributed by atoms with E-state index in [2.05, 4.69) is 42.3 Å². The quantitative estimate of drug-likeness (QED) is 0.349. The highest BCUT2D eigenvalue weighted by molar-refractivity contribution is 9.10. The maximum Gasteiger partial charge on any atom is 0.329 e. The van der Waals surface area contributed by atoms with Crippen molar-refractivity contribution in [2.24, 2.45) is 5.10 Å². The second kappa shape index (κ2) is 8.77. The highest BCUT2D eigenvalue weighted by Gasteiger charge is 2.15. The van der Waals surface area contributed by atoms with E-state index in [4.69, 9.17) is 4.74 Å². The number of nitrogens with zero attached hydrogens (tertiary/aromatic N) is 1. The van der Waals surface area contributed by atoms with Crippen LogP contribution >= 0.6 is 31.9 Å². The number of halogens is 3. The average Bonchev–Trinajstić information content (AvgIpc) is 2.60. The lowest BCUT2D eigenvalue weighted by molar-refractivity contribution is -0.136. The molecule has 10 heteroatoms. The first kappa shape index (κ1) is 19.9. The molecule has 0 bridgehead atoms. The number of phenolic OH excluding ortho intramolecular Hbond substituents is 1. The third-order valence-corrected chi connectivity index (χ3v) is 4.13. The molecule has 0 aromatic heterocycles. The summed E-state index contributed by atoms with van der Waals surface area (Å²) >= 11 is 6.24. The summed E-state index contributed by atoms with van der Waals surface area (Å²) in [5.41, 5.74) is 2.38. The van der Waals surface area contributed by atoms with Crippen LogP contribution in [-0.2, 0) is 9.59 Å². The predicted molar refractivity (Wildman–Crippen MR) is 101 cm³/mol. The number of benzene rings is 2. The molecule has 0 aliphatic heterocycles. The number of hydrogen-bond acceptors (Lipinski definition) is 5. The summed E-state index contributed by atoms with van der Waals surface area (Å²) in [5.74, 6) is -2.72. The van der Waals surface area contributed by atoms with Gasteiger partial charge >= 0.3 is 11.8 Å². The molecule has 2 aromatic rings. The Morgan fingerprint density at radius 2 is 1.96 bits per heavy atom. The molecule has 2 amide bonds. The normalized spacial score (nSPS) is 10.6. The number of ether oxygens (including phenoxy) is 1. The van der Waals surface area contributed by atoms with E-state index in [0.717, 1.165) is 6.07 Å². The van der Waals surface area contributed by atoms with E-state index in [0.29, 0.717) is 14.5 Å². The van der Waals surface area contributed by atoms with Crippen LogP contribution in [-0.4, -0.2) is 30.2 Å². The molecule has 2 rings (SSSR count). The molecule has 7 nitrogen and oxygen atoms in total. The van der Waals surface area contributed by atoms with Crippen molar-refractivity contribution in [3.05, 3.63) is 50.7 Å². The molecule has 0 aliphatic rings. The standard InChI is InChI=1S/C16H12Br2FN3O4/c1-26-13-5-8(4-10(18)14(13)23)7-20-22-16(25)15(24)21-12-3-2-9(17)6-11(12)19/h2-7,23H,1H3,(H,21,24)(H,22,25)/b20-7+. The van der Waals surface area contributed by atoms with Gasteiger partial charge < -0.3 is 15.2 Å². The third-order valence-electron chi connectivity index (χ3n) is 3.04. The number of hydrogen-bond donors (Lipinski definition) is 3. The summed E-state index contributed by atoms with van der Waals surface area (Å²) in [7, 11) is 1.38. The topological polar surface area (TPSA) is 100 Å². The maximum atomic E-state index is 13.6. The zero-order chi connectivity index (χ0) is 19.3. The van der Waals surface area contributed by atoms with Gasteiger partial charge in [-0.25, -0.2) is 9.82 Å². The Labute approximate surface area is 164 Å². The lowest BCUT2D eigenvalue weighted by Gasteiger charge is -2.06. The SMILES string of the molecule is COc1cc(/C=N/NC(=O)C(=O)Nc2ccc(Br)cc2F)cc(Br)c1O. The molecule has 136 valence electrons. The molecule has 0 radical (unpaired) electrons. The van der Waals surface area contributed by atoms with Gasteiger partial charge in [0.2, 0.25) is 0 Å². The van der Waals surface area contributed by atoms with Crippen LogP contribution < -0.4 is 15.5 Å². The number of nitrogens with one attached hydrogen (secondary N) is 2. The van der Waals surface area contributed by atoms with Crippen molar-refractivity contribution in [2.45, 2.75) is 0 Å². The van der Waals surface area contributed by atoms with Crippen LogP contribution in [0.25, 0.3) is 0 Å².